The van der Waals surface area contributed by atoms with Crippen LogP contribution in [0.4, 0.5) is 5.13 Å². The molecule has 4 aromatic rings. The molecular weight excluding hydrogens is 362 g/mol. The molecule has 2 N–H and O–H groups in total. The Morgan fingerprint density at radius 3 is 2.74 bits per heavy atom. The minimum absolute atomic E-state index is 0.327. The Balaban J connectivity index is 1.56. The molecule has 2 heterocycles. The average molecular weight is 378 g/mol. The van der Waals surface area contributed by atoms with Crippen molar-refractivity contribution >= 4 is 22.7 Å². The molecule has 0 saturated carbocycles. The van der Waals surface area contributed by atoms with Crippen LogP contribution in [-0.2, 0) is 0 Å². The number of benzene rings is 2. The van der Waals surface area contributed by atoms with E-state index in [1.165, 1.54) is 16.9 Å². The molecule has 0 radical (unpaired) electrons. The number of anilines is 1. The maximum atomic E-state index is 12.1. The quantitative estimate of drug-likeness (QED) is 0.317. The van der Waals surface area contributed by atoms with Gasteiger partial charge in [-0.3, -0.25) is 9.95 Å². The summed E-state index contributed by atoms with van der Waals surface area (Å²) in [7, 11) is 0. The van der Waals surface area contributed by atoms with Gasteiger partial charge in [-0.15, -0.1) is 11.3 Å². The topological polar surface area (TPSA) is 87.2 Å². The fourth-order valence-electron chi connectivity index (χ4n) is 2.50. The van der Waals surface area contributed by atoms with Gasteiger partial charge in [0, 0.05) is 17.5 Å². The smallest absolute Gasteiger partial charge is 0.282 e. The Morgan fingerprint density at radius 2 is 1.96 bits per heavy atom. The largest absolute Gasteiger partial charge is 0.437 e. The van der Waals surface area contributed by atoms with E-state index in [-0.39, 0.29) is 0 Å². The molecule has 4 rings (SSSR count). The van der Waals surface area contributed by atoms with E-state index in [2.05, 4.69) is 20.8 Å². The van der Waals surface area contributed by atoms with Crippen molar-refractivity contribution in [3.8, 4) is 17.1 Å². The van der Waals surface area contributed by atoms with E-state index >= 15 is 0 Å². The molecule has 0 aliphatic carbocycles. The summed E-state index contributed by atoms with van der Waals surface area (Å²) in [6, 6.07) is 17.4. The summed E-state index contributed by atoms with van der Waals surface area (Å²) in [5.74, 6) is 0. The number of thiazole rings is 1. The van der Waals surface area contributed by atoms with Crippen LogP contribution in [0.2, 0.25) is 0 Å². The van der Waals surface area contributed by atoms with Crippen molar-refractivity contribution < 1.29 is 9.20 Å². The zero-order chi connectivity index (χ0) is 18.6. The number of H-pyrrole nitrogens is 1. The highest BCUT2D eigenvalue weighted by Gasteiger charge is 2.27. The molecule has 8 heteroatoms. The highest BCUT2D eigenvalue weighted by Crippen LogP contribution is 2.21. The molecule has 0 fully saturated rings. The van der Waals surface area contributed by atoms with Gasteiger partial charge in [-0.2, -0.15) is 5.10 Å². The van der Waals surface area contributed by atoms with E-state index in [1.807, 2.05) is 61.5 Å². The number of rotatable bonds is 5. The molecule has 0 saturated heterocycles. The van der Waals surface area contributed by atoms with Crippen molar-refractivity contribution in [2.24, 2.45) is 5.10 Å². The van der Waals surface area contributed by atoms with Gasteiger partial charge in [-0.25, -0.2) is 9.78 Å². The standard InChI is InChI=1S/C19H15N5O2S/c1-13-7-9-14(10-8-13)11-20-22-19-21-16(12-27-19)17-18(25)26-23-24(17)15-5-3-2-4-6-15/h2-12H,1H3,(H-,21,22,23,25)/p+1/b20-11+. The number of nitrogens with one attached hydrogen (secondary N) is 2. The number of hydrazone groups is 1. The van der Waals surface area contributed by atoms with Crippen LogP contribution >= 0.6 is 11.3 Å². The van der Waals surface area contributed by atoms with Crippen molar-refractivity contribution in [2.45, 2.75) is 6.92 Å². The molecule has 27 heavy (non-hydrogen) atoms. The van der Waals surface area contributed by atoms with E-state index in [0.29, 0.717) is 16.5 Å². The molecule has 0 aliphatic rings. The second kappa shape index (κ2) is 7.38. The molecule has 134 valence electrons. The zero-order valence-corrected chi connectivity index (χ0v) is 15.2. The Kier molecular flexibility index (Phi) is 4.63. The SMILES string of the molecule is Cc1ccc(/C=N/Nc2nc(-c3c(=O)o[nH][n+]3-c3ccccc3)cs2)cc1. The molecule has 2 aromatic carbocycles. The maximum Gasteiger partial charge on any atom is 0.437 e. The monoisotopic (exact) mass is 378 g/mol. The predicted octanol–water partition coefficient (Wildman–Crippen LogP) is 3.12. The van der Waals surface area contributed by atoms with Crippen LogP contribution in [0.15, 0.2) is 74.4 Å². The van der Waals surface area contributed by atoms with E-state index in [4.69, 9.17) is 4.52 Å². The second-order valence-corrected chi connectivity index (χ2v) is 6.68. The van der Waals surface area contributed by atoms with E-state index < -0.39 is 5.63 Å². The lowest BCUT2D eigenvalue weighted by atomic mass is 10.2. The number of aryl methyl sites for hydroxylation is 1. The van der Waals surface area contributed by atoms with Gasteiger partial charge < -0.3 is 0 Å². The number of aromatic amines is 1. The Bertz CT molecular complexity index is 1130. The van der Waals surface area contributed by atoms with Crippen molar-refractivity contribution in [1.82, 2.24) is 10.3 Å². The first-order chi connectivity index (χ1) is 13.2. The summed E-state index contributed by atoms with van der Waals surface area (Å²) in [4.78, 5) is 16.6. The van der Waals surface area contributed by atoms with E-state index in [9.17, 15) is 4.79 Å². The van der Waals surface area contributed by atoms with Crippen LogP contribution in [0.25, 0.3) is 17.1 Å². The summed E-state index contributed by atoms with van der Waals surface area (Å²) in [5.41, 5.74) is 6.20. The second-order valence-electron chi connectivity index (χ2n) is 5.82. The molecule has 0 aliphatic heterocycles. The molecule has 0 spiro atoms. The molecule has 7 nitrogen and oxygen atoms in total. The normalized spacial score (nSPS) is 11.1. The molecule has 0 amide bonds. The van der Waals surface area contributed by atoms with Gasteiger partial charge in [0.15, 0.2) is 5.69 Å². The van der Waals surface area contributed by atoms with E-state index in [1.54, 1.807) is 16.3 Å². The minimum atomic E-state index is -0.487. The first-order valence-electron chi connectivity index (χ1n) is 8.21. The van der Waals surface area contributed by atoms with Crippen LogP contribution in [0.5, 0.6) is 0 Å². The van der Waals surface area contributed by atoms with Gasteiger partial charge in [-0.05, 0) is 22.4 Å². The number of para-hydroxylation sites is 1. The lowest BCUT2D eigenvalue weighted by Crippen LogP contribution is -2.36. The van der Waals surface area contributed by atoms with Crippen molar-refractivity contribution in [2.75, 3.05) is 5.43 Å². The molecule has 0 bridgehead atoms. The number of hydrogen-bond donors (Lipinski definition) is 2. The first-order valence-corrected chi connectivity index (χ1v) is 9.09. The minimum Gasteiger partial charge on any atom is -0.282 e. The lowest BCUT2D eigenvalue weighted by Gasteiger charge is -1.95. The van der Waals surface area contributed by atoms with E-state index in [0.717, 1.165) is 11.3 Å². The van der Waals surface area contributed by atoms with Gasteiger partial charge in [0.1, 0.15) is 0 Å². The van der Waals surface area contributed by atoms with Gasteiger partial charge in [0.2, 0.25) is 10.8 Å². The third-order valence-electron chi connectivity index (χ3n) is 3.86. The average Bonchev–Trinajstić information content (AvgIpc) is 3.30. The van der Waals surface area contributed by atoms with Crippen LogP contribution in [0.3, 0.4) is 0 Å². The summed E-state index contributed by atoms with van der Waals surface area (Å²) in [6.07, 6.45) is 1.72. The highest BCUT2D eigenvalue weighted by molar-refractivity contribution is 7.14. The van der Waals surface area contributed by atoms with Crippen molar-refractivity contribution in [3.05, 3.63) is 81.5 Å². The highest BCUT2D eigenvalue weighted by atomic mass is 32.1. The molecule has 0 atom stereocenters. The summed E-state index contributed by atoms with van der Waals surface area (Å²) in [5, 5.41) is 9.17. The fraction of sp³-hybridized carbons (Fsp3) is 0.0526. The molecular formula is C19H16N5O2S+. The van der Waals surface area contributed by atoms with Gasteiger partial charge in [0.05, 0.1) is 6.21 Å². The number of nitrogens with zero attached hydrogens (tertiary/aromatic N) is 3. The van der Waals surface area contributed by atoms with Crippen LogP contribution in [0.1, 0.15) is 11.1 Å². The van der Waals surface area contributed by atoms with Gasteiger partial charge >= 0.3 is 11.3 Å². The fourth-order valence-corrected chi connectivity index (χ4v) is 3.14. The first kappa shape index (κ1) is 16.9. The Hall–Kier alpha value is -3.52. The Labute approximate surface area is 158 Å². The van der Waals surface area contributed by atoms with Crippen LogP contribution in [-0.4, -0.2) is 16.5 Å². The predicted molar refractivity (Wildman–Crippen MR) is 104 cm³/mol. The summed E-state index contributed by atoms with van der Waals surface area (Å²) < 4.78 is 6.53. The summed E-state index contributed by atoms with van der Waals surface area (Å²) in [6.45, 7) is 2.04. The van der Waals surface area contributed by atoms with Gasteiger partial charge in [-0.1, -0.05) is 48.0 Å². The van der Waals surface area contributed by atoms with Crippen LogP contribution in [0, 0.1) is 6.92 Å². The van der Waals surface area contributed by atoms with Crippen molar-refractivity contribution in [1.29, 1.82) is 0 Å². The molecule has 2 aromatic heterocycles. The lowest BCUT2D eigenvalue weighted by molar-refractivity contribution is -0.660. The number of hydrogen-bond acceptors (Lipinski definition) is 6. The number of aromatic nitrogens is 3. The van der Waals surface area contributed by atoms with Gasteiger partial charge in [0.25, 0.3) is 0 Å². The summed E-state index contributed by atoms with van der Waals surface area (Å²) >= 11 is 1.35. The zero-order valence-electron chi connectivity index (χ0n) is 14.4. The Morgan fingerprint density at radius 1 is 1.19 bits per heavy atom. The van der Waals surface area contributed by atoms with Crippen molar-refractivity contribution in [3.63, 3.8) is 0 Å². The van der Waals surface area contributed by atoms with Crippen LogP contribution < -0.4 is 15.7 Å². The maximum absolute atomic E-state index is 12.1. The molecule has 0 unspecified atom stereocenters. The third-order valence-corrected chi connectivity index (χ3v) is 4.61. The third kappa shape index (κ3) is 3.70.